The van der Waals surface area contributed by atoms with Gasteiger partial charge < -0.3 is 4.74 Å². The van der Waals surface area contributed by atoms with Gasteiger partial charge in [-0.2, -0.15) is 0 Å². The first-order valence-corrected chi connectivity index (χ1v) is 4.03. The van der Waals surface area contributed by atoms with Crippen molar-refractivity contribution in [3.05, 3.63) is 11.6 Å². The van der Waals surface area contributed by atoms with Gasteiger partial charge in [0.25, 0.3) is 0 Å². The molecule has 0 aliphatic rings. The van der Waals surface area contributed by atoms with Crippen molar-refractivity contribution in [2.24, 2.45) is 0 Å². The van der Waals surface area contributed by atoms with Crippen molar-refractivity contribution in [3.8, 4) is 0 Å². The number of allylic oxidation sites excluding steroid dienone is 1. The van der Waals surface area contributed by atoms with Gasteiger partial charge in [0.15, 0.2) is 0 Å². The summed E-state index contributed by atoms with van der Waals surface area (Å²) in [6.07, 6.45) is 4.73. The van der Waals surface area contributed by atoms with Crippen molar-refractivity contribution in [2.45, 2.75) is 33.1 Å². The first kappa shape index (κ1) is 10.2. The molecule has 0 aromatic rings. The summed E-state index contributed by atoms with van der Waals surface area (Å²) in [7, 11) is 1.41. The molecule has 0 rings (SSSR count). The van der Waals surface area contributed by atoms with Crippen LogP contribution in [0.4, 0.5) is 0 Å². The summed E-state index contributed by atoms with van der Waals surface area (Å²) >= 11 is 0. The minimum atomic E-state index is -0.194. The Bertz CT molecular complexity index is 148. The number of carbonyl (C=O) groups is 1. The van der Waals surface area contributed by atoms with Crippen LogP contribution in [0.15, 0.2) is 11.6 Å². The van der Waals surface area contributed by atoms with E-state index in [2.05, 4.69) is 11.7 Å². The lowest BCUT2D eigenvalue weighted by molar-refractivity contribution is -0.136. The molecule has 0 aromatic carbocycles. The molecule has 0 spiro atoms. The molecule has 0 saturated heterocycles. The Labute approximate surface area is 68.2 Å². The number of esters is 1. The van der Waals surface area contributed by atoms with Gasteiger partial charge in [0.05, 0.1) is 7.11 Å². The van der Waals surface area contributed by atoms with E-state index < -0.39 is 0 Å². The molecule has 0 amide bonds. The molecule has 0 radical (unpaired) electrons. The van der Waals surface area contributed by atoms with Gasteiger partial charge in [0.1, 0.15) is 0 Å². The maximum Gasteiger partial charge on any atom is 0.333 e. The minimum absolute atomic E-state index is 0.194. The van der Waals surface area contributed by atoms with Gasteiger partial charge in [-0.3, -0.25) is 0 Å². The monoisotopic (exact) mass is 156 g/mol. The van der Waals surface area contributed by atoms with Crippen LogP contribution in [-0.4, -0.2) is 13.1 Å². The number of hydrogen-bond donors (Lipinski definition) is 0. The van der Waals surface area contributed by atoms with Crippen LogP contribution in [0, 0.1) is 0 Å². The van der Waals surface area contributed by atoms with E-state index in [-0.39, 0.29) is 5.97 Å². The van der Waals surface area contributed by atoms with Crippen molar-refractivity contribution in [1.82, 2.24) is 0 Å². The van der Waals surface area contributed by atoms with E-state index in [1.807, 2.05) is 13.0 Å². The Morgan fingerprint density at radius 3 is 2.45 bits per heavy atom. The summed E-state index contributed by atoms with van der Waals surface area (Å²) in [4.78, 5) is 11.0. The number of hydrogen-bond acceptors (Lipinski definition) is 2. The lowest BCUT2D eigenvalue weighted by Gasteiger charge is -2.00. The number of methoxy groups -OCH3 is 1. The topological polar surface area (TPSA) is 26.3 Å². The standard InChI is InChI=1S/C9H16O2/c1-4-6-7-8(5-2)9(10)11-3/h7H,4-6H2,1-3H3/b8-7-. The van der Waals surface area contributed by atoms with Crippen LogP contribution < -0.4 is 0 Å². The van der Waals surface area contributed by atoms with Crippen LogP contribution in [-0.2, 0) is 9.53 Å². The summed E-state index contributed by atoms with van der Waals surface area (Å²) in [5, 5.41) is 0. The Balaban J connectivity index is 4.03. The highest BCUT2D eigenvalue weighted by molar-refractivity contribution is 5.88. The molecule has 0 heterocycles. The van der Waals surface area contributed by atoms with E-state index in [0.717, 1.165) is 24.8 Å². The Kier molecular flexibility index (Phi) is 5.53. The fourth-order valence-electron chi connectivity index (χ4n) is 0.822. The Hall–Kier alpha value is -0.790. The van der Waals surface area contributed by atoms with E-state index in [4.69, 9.17) is 0 Å². The molecular formula is C9H16O2. The molecule has 0 aromatic heterocycles. The lowest BCUT2D eigenvalue weighted by atomic mass is 10.1. The highest BCUT2D eigenvalue weighted by atomic mass is 16.5. The predicted molar refractivity (Wildman–Crippen MR) is 45.3 cm³/mol. The van der Waals surface area contributed by atoms with Crippen LogP contribution in [0.2, 0.25) is 0 Å². The number of ether oxygens (including phenoxy) is 1. The van der Waals surface area contributed by atoms with Gasteiger partial charge in [-0.05, 0) is 12.8 Å². The average Bonchev–Trinajstić information content (AvgIpc) is 2.05. The van der Waals surface area contributed by atoms with Crippen LogP contribution in [0.1, 0.15) is 33.1 Å². The van der Waals surface area contributed by atoms with Crippen LogP contribution in [0.25, 0.3) is 0 Å². The molecule has 0 fully saturated rings. The summed E-state index contributed by atoms with van der Waals surface area (Å²) in [5.74, 6) is -0.194. The molecule has 0 aliphatic carbocycles. The summed E-state index contributed by atoms with van der Waals surface area (Å²) < 4.78 is 4.59. The first-order chi connectivity index (χ1) is 5.26. The van der Waals surface area contributed by atoms with Gasteiger partial charge in [0.2, 0.25) is 0 Å². The van der Waals surface area contributed by atoms with Gasteiger partial charge >= 0.3 is 5.97 Å². The van der Waals surface area contributed by atoms with Crippen LogP contribution in [0.5, 0.6) is 0 Å². The van der Waals surface area contributed by atoms with E-state index in [1.165, 1.54) is 7.11 Å². The van der Waals surface area contributed by atoms with Crippen molar-refractivity contribution in [2.75, 3.05) is 7.11 Å². The summed E-state index contributed by atoms with van der Waals surface area (Å²) in [6.45, 7) is 4.04. The van der Waals surface area contributed by atoms with E-state index in [1.54, 1.807) is 0 Å². The maximum absolute atomic E-state index is 11.0. The third-order valence-electron chi connectivity index (χ3n) is 1.51. The molecule has 0 atom stereocenters. The molecule has 64 valence electrons. The lowest BCUT2D eigenvalue weighted by Crippen LogP contribution is -2.03. The fourth-order valence-corrected chi connectivity index (χ4v) is 0.822. The SMILES string of the molecule is CCC/C=C(/CC)C(=O)OC. The minimum Gasteiger partial charge on any atom is -0.466 e. The third-order valence-corrected chi connectivity index (χ3v) is 1.51. The number of unbranched alkanes of at least 4 members (excludes halogenated alkanes) is 1. The van der Waals surface area contributed by atoms with E-state index in [0.29, 0.717) is 0 Å². The van der Waals surface area contributed by atoms with Crippen molar-refractivity contribution < 1.29 is 9.53 Å². The molecule has 0 N–H and O–H groups in total. The predicted octanol–water partition coefficient (Wildman–Crippen LogP) is 2.30. The summed E-state index contributed by atoms with van der Waals surface area (Å²) in [6, 6.07) is 0. The van der Waals surface area contributed by atoms with E-state index in [9.17, 15) is 4.79 Å². The molecule has 0 saturated carbocycles. The van der Waals surface area contributed by atoms with Gasteiger partial charge in [-0.15, -0.1) is 0 Å². The zero-order valence-electron chi connectivity index (χ0n) is 7.52. The van der Waals surface area contributed by atoms with Crippen molar-refractivity contribution in [3.63, 3.8) is 0 Å². The Morgan fingerprint density at radius 2 is 2.09 bits per heavy atom. The Morgan fingerprint density at radius 1 is 1.45 bits per heavy atom. The molecule has 0 aliphatic heterocycles. The number of rotatable bonds is 4. The maximum atomic E-state index is 11.0. The van der Waals surface area contributed by atoms with Crippen LogP contribution >= 0.6 is 0 Å². The summed E-state index contributed by atoms with van der Waals surface area (Å²) in [5.41, 5.74) is 0.786. The highest BCUT2D eigenvalue weighted by Gasteiger charge is 2.04. The molecule has 0 bridgehead atoms. The smallest absolute Gasteiger partial charge is 0.333 e. The average molecular weight is 156 g/mol. The van der Waals surface area contributed by atoms with E-state index >= 15 is 0 Å². The quantitative estimate of drug-likeness (QED) is 0.461. The second-order valence-corrected chi connectivity index (χ2v) is 2.36. The zero-order chi connectivity index (χ0) is 8.69. The molecule has 2 nitrogen and oxygen atoms in total. The van der Waals surface area contributed by atoms with Crippen molar-refractivity contribution >= 4 is 5.97 Å². The second kappa shape index (κ2) is 5.96. The largest absolute Gasteiger partial charge is 0.466 e. The molecular weight excluding hydrogens is 140 g/mol. The second-order valence-electron chi connectivity index (χ2n) is 2.36. The molecule has 11 heavy (non-hydrogen) atoms. The number of carbonyl (C=O) groups excluding carboxylic acids is 1. The zero-order valence-corrected chi connectivity index (χ0v) is 7.52. The van der Waals surface area contributed by atoms with Gasteiger partial charge in [-0.25, -0.2) is 4.79 Å². The van der Waals surface area contributed by atoms with Crippen LogP contribution in [0.3, 0.4) is 0 Å². The normalized spacial score (nSPS) is 11.4. The fraction of sp³-hybridized carbons (Fsp3) is 0.667. The van der Waals surface area contributed by atoms with Gasteiger partial charge in [-0.1, -0.05) is 26.3 Å². The highest BCUT2D eigenvalue weighted by Crippen LogP contribution is 2.05. The van der Waals surface area contributed by atoms with Crippen molar-refractivity contribution in [1.29, 1.82) is 0 Å². The first-order valence-electron chi connectivity index (χ1n) is 4.03. The molecule has 2 heteroatoms. The molecule has 0 unspecified atom stereocenters. The third kappa shape index (κ3) is 3.81. The van der Waals surface area contributed by atoms with Gasteiger partial charge in [0, 0.05) is 5.57 Å².